The molecule has 0 unspecified atom stereocenters. The Bertz CT molecular complexity index is 523. The van der Waals surface area contributed by atoms with Gasteiger partial charge in [-0.1, -0.05) is 69.6 Å². The minimum absolute atomic E-state index is 0.315. The first-order valence-electron chi connectivity index (χ1n) is 10.6. The first-order chi connectivity index (χ1) is 12.9. The zero-order chi connectivity index (χ0) is 20.0. The Morgan fingerprint density at radius 1 is 0.889 bits per heavy atom. The molecule has 1 amide bonds. The van der Waals surface area contributed by atoms with Crippen molar-refractivity contribution in [2.45, 2.75) is 97.0 Å². The van der Waals surface area contributed by atoms with Crippen LogP contribution in [-0.4, -0.2) is 23.3 Å². The van der Waals surface area contributed by atoms with E-state index in [1.807, 2.05) is 39.0 Å². The zero-order valence-electron chi connectivity index (χ0n) is 17.6. The highest BCUT2D eigenvalue weighted by atomic mass is 16.6. The van der Waals surface area contributed by atoms with Crippen LogP contribution in [0.25, 0.3) is 0 Å². The molecule has 154 valence electrons. The van der Waals surface area contributed by atoms with Gasteiger partial charge in [-0.3, -0.25) is 0 Å². The molecule has 0 radical (unpaired) electrons. The molecule has 1 aromatic rings. The van der Waals surface area contributed by atoms with Crippen molar-refractivity contribution in [3.8, 4) is 5.75 Å². The van der Waals surface area contributed by atoms with Crippen molar-refractivity contribution in [3.05, 3.63) is 29.8 Å². The fourth-order valence-corrected chi connectivity index (χ4v) is 3.08. The molecule has 0 aliphatic carbocycles. The Morgan fingerprint density at radius 3 is 1.96 bits per heavy atom. The minimum Gasteiger partial charge on any atom is -0.508 e. The van der Waals surface area contributed by atoms with Crippen LogP contribution in [0.15, 0.2) is 24.3 Å². The van der Waals surface area contributed by atoms with Crippen LogP contribution in [0, 0.1) is 0 Å². The zero-order valence-corrected chi connectivity index (χ0v) is 17.6. The highest BCUT2D eigenvalue weighted by Crippen LogP contribution is 2.19. The summed E-state index contributed by atoms with van der Waals surface area (Å²) in [4.78, 5) is 11.5. The second kappa shape index (κ2) is 13.5. The van der Waals surface area contributed by atoms with Crippen molar-refractivity contribution in [2.24, 2.45) is 0 Å². The molecular weight excluding hydrogens is 338 g/mol. The summed E-state index contributed by atoms with van der Waals surface area (Å²) >= 11 is 0. The number of nitrogens with one attached hydrogen (secondary N) is 1. The van der Waals surface area contributed by atoms with Gasteiger partial charge in [0.25, 0.3) is 0 Å². The number of carbonyl (C=O) groups is 1. The monoisotopic (exact) mass is 377 g/mol. The Labute approximate surface area is 165 Å². The molecule has 2 N–H and O–H groups in total. The largest absolute Gasteiger partial charge is 0.508 e. The Morgan fingerprint density at radius 2 is 1.41 bits per heavy atom. The van der Waals surface area contributed by atoms with Gasteiger partial charge in [0.05, 0.1) is 0 Å². The number of benzene rings is 1. The predicted molar refractivity (Wildman–Crippen MR) is 112 cm³/mol. The van der Waals surface area contributed by atoms with Gasteiger partial charge in [0.2, 0.25) is 0 Å². The van der Waals surface area contributed by atoms with Crippen LogP contribution in [0.4, 0.5) is 4.79 Å². The van der Waals surface area contributed by atoms with E-state index >= 15 is 0 Å². The highest BCUT2D eigenvalue weighted by Gasteiger charge is 2.15. The molecular formula is C23H39NO3. The number of phenols is 1. The number of hydrogen-bond acceptors (Lipinski definition) is 3. The Kier molecular flexibility index (Phi) is 11.6. The first kappa shape index (κ1) is 23.3. The van der Waals surface area contributed by atoms with Crippen molar-refractivity contribution >= 4 is 6.09 Å². The molecule has 0 spiro atoms. The van der Waals surface area contributed by atoms with Crippen LogP contribution in [0.3, 0.4) is 0 Å². The number of para-hydroxylation sites is 1. The van der Waals surface area contributed by atoms with Crippen LogP contribution < -0.4 is 5.32 Å². The van der Waals surface area contributed by atoms with Gasteiger partial charge in [-0.25, -0.2) is 4.79 Å². The van der Waals surface area contributed by atoms with E-state index in [1.54, 1.807) is 6.07 Å². The number of carbonyl (C=O) groups excluding carboxylic acids is 1. The molecule has 0 saturated heterocycles. The standard InChI is InChI=1S/C23H39NO3/c1-23(2,3)27-22(26)24-19-15-11-9-7-5-4-6-8-10-12-16-20-17-13-14-18-21(20)25/h13-14,17-18,25H,4-12,15-16,19H2,1-3H3,(H,24,26). The molecule has 1 aromatic carbocycles. The van der Waals surface area contributed by atoms with Gasteiger partial charge in [-0.15, -0.1) is 0 Å². The van der Waals surface area contributed by atoms with E-state index in [4.69, 9.17) is 4.74 Å². The molecule has 0 atom stereocenters. The van der Waals surface area contributed by atoms with E-state index in [-0.39, 0.29) is 6.09 Å². The first-order valence-corrected chi connectivity index (χ1v) is 10.6. The summed E-state index contributed by atoms with van der Waals surface area (Å²) in [6.07, 6.45) is 13.0. The molecule has 0 saturated carbocycles. The number of aromatic hydroxyl groups is 1. The average molecular weight is 378 g/mol. The SMILES string of the molecule is CC(C)(C)OC(=O)NCCCCCCCCCCCCc1ccccc1O. The fraction of sp³-hybridized carbons (Fsp3) is 0.696. The van der Waals surface area contributed by atoms with Gasteiger partial charge in [0.15, 0.2) is 0 Å². The molecule has 0 bridgehead atoms. The molecule has 0 fully saturated rings. The topological polar surface area (TPSA) is 58.6 Å². The number of phenolic OH excluding ortho intramolecular Hbond substituents is 1. The summed E-state index contributed by atoms with van der Waals surface area (Å²) < 4.78 is 5.21. The van der Waals surface area contributed by atoms with Gasteiger partial charge < -0.3 is 15.2 Å². The molecule has 27 heavy (non-hydrogen) atoms. The molecule has 0 heterocycles. The quantitative estimate of drug-likeness (QED) is 0.393. The number of unbranched alkanes of at least 4 members (excludes halogenated alkanes) is 9. The highest BCUT2D eigenvalue weighted by molar-refractivity contribution is 5.67. The summed E-state index contributed by atoms with van der Waals surface area (Å²) in [5.74, 6) is 0.429. The van der Waals surface area contributed by atoms with Gasteiger partial charge >= 0.3 is 6.09 Å². The lowest BCUT2D eigenvalue weighted by atomic mass is 10.0. The molecule has 0 aliphatic heterocycles. The van der Waals surface area contributed by atoms with E-state index in [0.717, 1.165) is 31.2 Å². The van der Waals surface area contributed by atoms with Gasteiger partial charge in [-0.05, 0) is 51.7 Å². The third-order valence-corrected chi connectivity index (χ3v) is 4.53. The van der Waals surface area contributed by atoms with Crippen LogP contribution in [0.2, 0.25) is 0 Å². The maximum atomic E-state index is 11.5. The molecule has 1 rings (SSSR count). The smallest absolute Gasteiger partial charge is 0.407 e. The number of amides is 1. The van der Waals surface area contributed by atoms with E-state index in [1.165, 1.54) is 44.9 Å². The summed E-state index contributed by atoms with van der Waals surface area (Å²) in [5, 5.41) is 12.5. The third-order valence-electron chi connectivity index (χ3n) is 4.53. The maximum Gasteiger partial charge on any atom is 0.407 e. The number of rotatable bonds is 13. The lowest BCUT2D eigenvalue weighted by molar-refractivity contribution is 0.0527. The number of aryl methyl sites for hydroxylation is 1. The van der Waals surface area contributed by atoms with Crippen LogP contribution in [-0.2, 0) is 11.2 Å². The number of alkyl carbamates (subject to hydrolysis) is 1. The van der Waals surface area contributed by atoms with E-state index < -0.39 is 5.60 Å². The average Bonchev–Trinajstić information content (AvgIpc) is 2.59. The molecule has 0 aliphatic rings. The van der Waals surface area contributed by atoms with E-state index in [0.29, 0.717) is 12.3 Å². The van der Waals surface area contributed by atoms with Crippen LogP contribution in [0.1, 0.15) is 90.5 Å². The van der Waals surface area contributed by atoms with Crippen LogP contribution in [0.5, 0.6) is 5.75 Å². The van der Waals surface area contributed by atoms with E-state index in [9.17, 15) is 9.90 Å². The van der Waals surface area contributed by atoms with Crippen LogP contribution >= 0.6 is 0 Å². The van der Waals surface area contributed by atoms with Gasteiger partial charge in [-0.2, -0.15) is 0 Å². The lowest BCUT2D eigenvalue weighted by Gasteiger charge is -2.19. The minimum atomic E-state index is -0.423. The second-order valence-corrected chi connectivity index (χ2v) is 8.34. The number of ether oxygens (including phenoxy) is 1. The van der Waals surface area contributed by atoms with Crippen molar-refractivity contribution in [1.29, 1.82) is 0 Å². The van der Waals surface area contributed by atoms with Crippen molar-refractivity contribution in [3.63, 3.8) is 0 Å². The summed E-state index contributed by atoms with van der Waals surface area (Å²) in [7, 11) is 0. The van der Waals surface area contributed by atoms with E-state index in [2.05, 4.69) is 5.32 Å². The van der Waals surface area contributed by atoms with Crippen molar-refractivity contribution in [1.82, 2.24) is 5.32 Å². The maximum absolute atomic E-state index is 11.5. The number of hydrogen-bond donors (Lipinski definition) is 2. The van der Waals surface area contributed by atoms with Crippen molar-refractivity contribution < 1.29 is 14.6 Å². The second-order valence-electron chi connectivity index (χ2n) is 8.34. The lowest BCUT2D eigenvalue weighted by Crippen LogP contribution is -2.32. The van der Waals surface area contributed by atoms with Gasteiger partial charge in [0.1, 0.15) is 11.4 Å². The Balaban J connectivity index is 1.83. The van der Waals surface area contributed by atoms with Crippen molar-refractivity contribution in [2.75, 3.05) is 6.54 Å². The molecule has 4 nitrogen and oxygen atoms in total. The summed E-state index contributed by atoms with van der Waals surface area (Å²) in [6.45, 7) is 6.33. The fourth-order valence-electron chi connectivity index (χ4n) is 3.08. The normalized spacial score (nSPS) is 11.4. The molecule has 4 heteroatoms. The Hall–Kier alpha value is -1.71. The molecule has 0 aromatic heterocycles. The summed E-state index contributed by atoms with van der Waals surface area (Å²) in [6, 6.07) is 7.64. The summed E-state index contributed by atoms with van der Waals surface area (Å²) in [5.41, 5.74) is 0.645. The predicted octanol–water partition coefficient (Wildman–Crippen LogP) is 6.36. The van der Waals surface area contributed by atoms with Gasteiger partial charge in [0, 0.05) is 6.54 Å². The third kappa shape index (κ3) is 13.2.